The number of benzene rings is 1. The summed E-state index contributed by atoms with van der Waals surface area (Å²) < 4.78 is 36.9. The van der Waals surface area contributed by atoms with Crippen LogP contribution in [-0.4, -0.2) is 64.7 Å². The highest BCUT2D eigenvalue weighted by Crippen LogP contribution is 2.11. The summed E-state index contributed by atoms with van der Waals surface area (Å²) in [5.74, 6) is 0.132. The molecule has 1 aromatic rings. The Morgan fingerprint density at radius 2 is 1.60 bits per heavy atom. The number of aliphatic imine (C=N–C) groups is 1. The predicted molar refractivity (Wildman–Crippen MR) is 78.1 cm³/mol. The van der Waals surface area contributed by atoms with E-state index in [0.717, 1.165) is 12.1 Å². The second-order valence-electron chi connectivity index (χ2n) is 4.74. The molecule has 0 saturated heterocycles. The monoisotopic (exact) mass is 301 g/mol. The normalized spacial score (nSPS) is 11.1. The lowest BCUT2D eigenvalue weighted by Gasteiger charge is -2.22. The van der Waals surface area contributed by atoms with Crippen molar-refractivity contribution in [2.45, 2.75) is 4.90 Å². The van der Waals surface area contributed by atoms with Gasteiger partial charge >= 0.3 is 0 Å². The molecule has 1 rings (SSSR count). The van der Waals surface area contributed by atoms with E-state index >= 15 is 0 Å². The molecule has 0 heterocycles. The molecule has 0 saturated carbocycles. The molecule has 0 aromatic heterocycles. The van der Waals surface area contributed by atoms with Crippen LogP contribution in [0.4, 0.5) is 4.39 Å². The van der Waals surface area contributed by atoms with Crippen LogP contribution in [0.5, 0.6) is 0 Å². The SMILES string of the molecule is CN(C)C(=NCCS(=O)(=O)c1ccc(F)cc1)N(C)C. The molecule has 0 bridgehead atoms. The van der Waals surface area contributed by atoms with E-state index in [1.165, 1.54) is 12.1 Å². The van der Waals surface area contributed by atoms with Gasteiger partial charge in [0.1, 0.15) is 5.82 Å². The lowest BCUT2D eigenvalue weighted by atomic mass is 10.4. The van der Waals surface area contributed by atoms with Crippen LogP contribution in [0.1, 0.15) is 0 Å². The van der Waals surface area contributed by atoms with Gasteiger partial charge in [0.2, 0.25) is 0 Å². The minimum Gasteiger partial charge on any atom is -0.349 e. The molecule has 0 atom stereocenters. The van der Waals surface area contributed by atoms with Gasteiger partial charge in [0.05, 0.1) is 17.2 Å². The number of sulfone groups is 1. The highest BCUT2D eigenvalue weighted by atomic mass is 32.2. The minimum absolute atomic E-state index is 0.107. The van der Waals surface area contributed by atoms with E-state index in [0.29, 0.717) is 5.96 Å². The molecule has 0 aliphatic heterocycles. The fraction of sp³-hybridized carbons (Fsp3) is 0.462. The molecule has 0 aliphatic carbocycles. The molecule has 5 nitrogen and oxygen atoms in total. The largest absolute Gasteiger partial charge is 0.349 e. The molecule has 0 aliphatic rings. The van der Waals surface area contributed by atoms with Gasteiger partial charge in [-0.25, -0.2) is 12.8 Å². The van der Waals surface area contributed by atoms with Gasteiger partial charge in [-0.2, -0.15) is 0 Å². The van der Waals surface area contributed by atoms with E-state index in [-0.39, 0.29) is 17.2 Å². The predicted octanol–water partition coefficient (Wildman–Crippen LogP) is 1.08. The first-order chi connectivity index (χ1) is 9.24. The van der Waals surface area contributed by atoms with Crippen LogP contribution in [0.2, 0.25) is 0 Å². The Bertz CT molecular complexity index is 556. The number of halogens is 1. The summed E-state index contributed by atoms with van der Waals surface area (Å²) in [5.41, 5.74) is 0. The summed E-state index contributed by atoms with van der Waals surface area (Å²) >= 11 is 0. The van der Waals surface area contributed by atoms with Crippen molar-refractivity contribution >= 4 is 15.8 Å². The highest BCUT2D eigenvalue weighted by Gasteiger charge is 2.14. The molecule has 0 N–H and O–H groups in total. The van der Waals surface area contributed by atoms with Crippen LogP contribution in [0.25, 0.3) is 0 Å². The van der Waals surface area contributed by atoms with Gasteiger partial charge in [-0.3, -0.25) is 4.99 Å². The molecular formula is C13H20FN3O2S. The van der Waals surface area contributed by atoms with Crippen LogP contribution in [-0.2, 0) is 9.84 Å². The van der Waals surface area contributed by atoms with Gasteiger partial charge < -0.3 is 9.80 Å². The van der Waals surface area contributed by atoms with Gasteiger partial charge in [-0.15, -0.1) is 0 Å². The van der Waals surface area contributed by atoms with Gasteiger partial charge in [0.25, 0.3) is 0 Å². The quantitative estimate of drug-likeness (QED) is 0.474. The Kier molecular flexibility index (Phi) is 5.50. The Hall–Kier alpha value is -1.63. The first-order valence-electron chi connectivity index (χ1n) is 6.11. The van der Waals surface area contributed by atoms with Crippen LogP contribution in [0.3, 0.4) is 0 Å². The Labute approximate surface area is 119 Å². The topological polar surface area (TPSA) is 53.0 Å². The second kappa shape index (κ2) is 6.69. The van der Waals surface area contributed by atoms with Crippen molar-refractivity contribution in [3.63, 3.8) is 0 Å². The van der Waals surface area contributed by atoms with Crippen LogP contribution < -0.4 is 0 Å². The summed E-state index contributed by atoms with van der Waals surface area (Å²) in [5, 5.41) is 0. The third kappa shape index (κ3) is 4.48. The Morgan fingerprint density at radius 1 is 1.10 bits per heavy atom. The molecular weight excluding hydrogens is 281 g/mol. The summed E-state index contributed by atoms with van der Waals surface area (Å²) in [7, 11) is 3.93. The number of rotatable bonds is 4. The number of hydrogen-bond acceptors (Lipinski definition) is 3. The lowest BCUT2D eigenvalue weighted by Crippen LogP contribution is -2.35. The van der Waals surface area contributed by atoms with Gasteiger partial charge in [-0.1, -0.05) is 0 Å². The van der Waals surface area contributed by atoms with E-state index < -0.39 is 15.7 Å². The average molecular weight is 301 g/mol. The number of nitrogens with zero attached hydrogens (tertiary/aromatic N) is 3. The number of hydrogen-bond donors (Lipinski definition) is 0. The fourth-order valence-corrected chi connectivity index (χ4v) is 2.83. The van der Waals surface area contributed by atoms with E-state index in [1.54, 1.807) is 0 Å². The third-order valence-electron chi connectivity index (χ3n) is 2.59. The smallest absolute Gasteiger partial charge is 0.195 e. The first-order valence-corrected chi connectivity index (χ1v) is 7.76. The highest BCUT2D eigenvalue weighted by molar-refractivity contribution is 7.91. The molecule has 20 heavy (non-hydrogen) atoms. The van der Waals surface area contributed by atoms with Gasteiger partial charge in [0.15, 0.2) is 15.8 Å². The maximum atomic E-state index is 12.8. The van der Waals surface area contributed by atoms with Crippen molar-refractivity contribution in [1.82, 2.24) is 9.80 Å². The molecule has 0 unspecified atom stereocenters. The molecule has 0 radical (unpaired) electrons. The zero-order valence-corrected chi connectivity index (χ0v) is 13.0. The summed E-state index contributed by atoms with van der Waals surface area (Å²) in [4.78, 5) is 8.00. The second-order valence-corrected chi connectivity index (χ2v) is 6.85. The van der Waals surface area contributed by atoms with Gasteiger partial charge in [0, 0.05) is 28.2 Å². The molecule has 7 heteroatoms. The van der Waals surface area contributed by atoms with E-state index in [1.807, 2.05) is 38.0 Å². The van der Waals surface area contributed by atoms with Crippen molar-refractivity contribution in [2.24, 2.45) is 4.99 Å². The average Bonchev–Trinajstić information content (AvgIpc) is 2.34. The molecule has 1 aromatic carbocycles. The third-order valence-corrected chi connectivity index (χ3v) is 4.30. The number of guanidine groups is 1. The summed E-state index contributed by atoms with van der Waals surface area (Å²) in [6.07, 6.45) is 0. The van der Waals surface area contributed by atoms with Crippen molar-refractivity contribution in [2.75, 3.05) is 40.5 Å². The van der Waals surface area contributed by atoms with Crippen molar-refractivity contribution in [3.05, 3.63) is 30.1 Å². The standard InChI is InChI=1S/C13H20FN3O2S/c1-16(2)13(17(3)4)15-9-10-20(18,19)12-7-5-11(14)6-8-12/h5-8H,9-10H2,1-4H3. The molecule has 0 fully saturated rings. The Balaban J connectivity index is 2.78. The first kappa shape index (κ1) is 16.4. The van der Waals surface area contributed by atoms with E-state index in [2.05, 4.69) is 4.99 Å². The maximum absolute atomic E-state index is 12.8. The van der Waals surface area contributed by atoms with Crippen molar-refractivity contribution in [1.29, 1.82) is 0 Å². The van der Waals surface area contributed by atoms with Crippen molar-refractivity contribution < 1.29 is 12.8 Å². The van der Waals surface area contributed by atoms with E-state index in [4.69, 9.17) is 0 Å². The maximum Gasteiger partial charge on any atom is 0.195 e. The van der Waals surface area contributed by atoms with Gasteiger partial charge in [-0.05, 0) is 24.3 Å². The van der Waals surface area contributed by atoms with Crippen molar-refractivity contribution in [3.8, 4) is 0 Å². The molecule has 0 amide bonds. The fourth-order valence-electron chi connectivity index (χ4n) is 1.71. The molecule has 112 valence electrons. The zero-order valence-electron chi connectivity index (χ0n) is 12.2. The summed E-state index contributed by atoms with van der Waals surface area (Å²) in [6.45, 7) is 0.158. The Morgan fingerprint density at radius 3 is 2.05 bits per heavy atom. The van der Waals surface area contributed by atoms with Crippen LogP contribution in [0, 0.1) is 5.82 Å². The molecule has 0 spiro atoms. The lowest BCUT2D eigenvalue weighted by molar-refractivity contribution is 0.480. The minimum atomic E-state index is -3.43. The zero-order chi connectivity index (χ0) is 15.3. The van der Waals surface area contributed by atoms with Crippen LogP contribution in [0.15, 0.2) is 34.2 Å². The van der Waals surface area contributed by atoms with Crippen LogP contribution >= 0.6 is 0 Å². The van der Waals surface area contributed by atoms with E-state index in [9.17, 15) is 12.8 Å². The summed E-state index contributed by atoms with van der Waals surface area (Å²) in [6, 6.07) is 4.82.